The average molecular weight is 368 g/mol. The zero-order valence-electron chi connectivity index (χ0n) is 14.8. The number of hydrogen-bond acceptors (Lipinski definition) is 6. The maximum absolute atomic E-state index is 12.4. The first-order chi connectivity index (χ1) is 12.7. The van der Waals surface area contributed by atoms with Crippen LogP contribution in [0.1, 0.15) is 29.8 Å². The summed E-state index contributed by atoms with van der Waals surface area (Å²) in [4.78, 5) is 12.4. The number of carbonyl (C=O) groups is 1. The van der Waals surface area contributed by atoms with E-state index < -0.39 is 0 Å². The summed E-state index contributed by atoms with van der Waals surface area (Å²) in [6.45, 7) is 4.65. The molecule has 1 heterocycles. The summed E-state index contributed by atoms with van der Waals surface area (Å²) in [6, 6.07) is 15.2. The summed E-state index contributed by atoms with van der Waals surface area (Å²) in [6.07, 6.45) is 0.958. The van der Waals surface area contributed by atoms with Gasteiger partial charge in [0.05, 0.1) is 18.0 Å². The lowest BCUT2D eigenvalue weighted by Crippen LogP contribution is -2.05. The van der Waals surface area contributed by atoms with Crippen molar-refractivity contribution >= 4 is 17.5 Å². The molecule has 0 saturated carbocycles. The Labute approximate surface area is 156 Å². The first kappa shape index (κ1) is 18.1. The Morgan fingerprint density at radius 1 is 1.08 bits per heavy atom. The molecule has 1 aromatic heterocycles. The van der Waals surface area contributed by atoms with Crippen LogP contribution in [-0.2, 0) is 6.42 Å². The number of thioether (sulfide) groups is 1. The zero-order valence-corrected chi connectivity index (χ0v) is 15.6. The number of tetrazole rings is 1. The molecule has 0 radical (unpaired) electrons. The van der Waals surface area contributed by atoms with Crippen LogP contribution in [0.4, 0.5) is 0 Å². The molecule has 0 atom stereocenters. The highest BCUT2D eigenvalue weighted by Crippen LogP contribution is 2.21. The lowest BCUT2D eigenvalue weighted by Gasteiger charge is -2.06. The van der Waals surface area contributed by atoms with E-state index in [4.69, 9.17) is 4.74 Å². The molecule has 0 aliphatic rings. The summed E-state index contributed by atoms with van der Waals surface area (Å²) in [7, 11) is 0. The van der Waals surface area contributed by atoms with Gasteiger partial charge in [0.1, 0.15) is 5.75 Å². The number of hydrogen-bond donors (Lipinski definition) is 0. The Morgan fingerprint density at radius 3 is 2.46 bits per heavy atom. The molecule has 0 aliphatic heterocycles. The Balaban J connectivity index is 1.67. The summed E-state index contributed by atoms with van der Waals surface area (Å²) >= 11 is 1.32. The van der Waals surface area contributed by atoms with Crippen LogP contribution in [0.15, 0.2) is 53.7 Å². The van der Waals surface area contributed by atoms with Crippen molar-refractivity contribution in [1.82, 2.24) is 20.2 Å². The SMILES string of the molecule is CCOc1ccc(-n2nnnc2SCC(=O)c2ccc(CC)cc2)cc1. The average Bonchev–Trinajstić information content (AvgIpc) is 3.15. The van der Waals surface area contributed by atoms with Crippen molar-refractivity contribution < 1.29 is 9.53 Å². The zero-order chi connectivity index (χ0) is 18.4. The van der Waals surface area contributed by atoms with Crippen molar-refractivity contribution in [2.24, 2.45) is 0 Å². The van der Waals surface area contributed by atoms with Gasteiger partial charge in [0, 0.05) is 5.56 Å². The van der Waals surface area contributed by atoms with E-state index in [0.29, 0.717) is 17.3 Å². The van der Waals surface area contributed by atoms with E-state index >= 15 is 0 Å². The minimum atomic E-state index is 0.0545. The monoisotopic (exact) mass is 368 g/mol. The molecule has 3 rings (SSSR count). The second kappa shape index (κ2) is 8.62. The molecule has 0 bridgehead atoms. The van der Waals surface area contributed by atoms with Gasteiger partial charge < -0.3 is 4.74 Å². The van der Waals surface area contributed by atoms with E-state index in [1.807, 2.05) is 55.5 Å². The summed E-state index contributed by atoms with van der Waals surface area (Å²) in [5, 5.41) is 12.4. The van der Waals surface area contributed by atoms with Gasteiger partial charge in [-0.1, -0.05) is 43.0 Å². The minimum absolute atomic E-state index is 0.0545. The first-order valence-electron chi connectivity index (χ1n) is 8.47. The van der Waals surface area contributed by atoms with Crippen molar-refractivity contribution in [3.8, 4) is 11.4 Å². The first-order valence-corrected chi connectivity index (χ1v) is 9.46. The summed E-state index contributed by atoms with van der Waals surface area (Å²) in [5.41, 5.74) is 2.74. The molecule has 0 spiro atoms. The standard InChI is InChI=1S/C19H20N4O2S/c1-3-14-5-7-15(8-6-14)18(24)13-26-19-20-21-22-23(19)16-9-11-17(12-10-16)25-4-2/h5-12H,3-4,13H2,1-2H3. The molecule has 0 aliphatic carbocycles. The molecule has 2 aromatic carbocycles. The van der Waals surface area contributed by atoms with Crippen LogP contribution in [-0.4, -0.2) is 38.4 Å². The van der Waals surface area contributed by atoms with E-state index in [1.54, 1.807) is 4.68 Å². The van der Waals surface area contributed by atoms with Crippen LogP contribution in [0.3, 0.4) is 0 Å². The van der Waals surface area contributed by atoms with Gasteiger partial charge in [0.2, 0.25) is 5.16 Å². The predicted octanol–water partition coefficient (Wildman–Crippen LogP) is 3.60. The Morgan fingerprint density at radius 2 is 1.81 bits per heavy atom. The van der Waals surface area contributed by atoms with Gasteiger partial charge in [-0.3, -0.25) is 4.79 Å². The molecule has 0 unspecified atom stereocenters. The van der Waals surface area contributed by atoms with Crippen molar-refractivity contribution in [2.45, 2.75) is 25.4 Å². The normalized spacial score (nSPS) is 10.7. The summed E-state index contributed by atoms with van der Waals surface area (Å²) in [5.74, 6) is 1.13. The second-order valence-corrected chi connectivity index (χ2v) is 6.51. The molecule has 26 heavy (non-hydrogen) atoms. The van der Waals surface area contributed by atoms with E-state index in [2.05, 4.69) is 22.4 Å². The molecule has 0 saturated heterocycles. The van der Waals surface area contributed by atoms with Crippen molar-refractivity contribution in [1.29, 1.82) is 0 Å². The number of nitrogens with zero attached hydrogens (tertiary/aromatic N) is 4. The Hall–Kier alpha value is -2.67. The largest absolute Gasteiger partial charge is 0.494 e. The molecule has 7 heteroatoms. The van der Waals surface area contributed by atoms with E-state index in [0.717, 1.165) is 17.9 Å². The van der Waals surface area contributed by atoms with Gasteiger partial charge >= 0.3 is 0 Å². The molecule has 0 fully saturated rings. The van der Waals surface area contributed by atoms with Crippen molar-refractivity contribution in [3.63, 3.8) is 0 Å². The topological polar surface area (TPSA) is 69.9 Å². The number of ketones is 1. The number of ether oxygens (including phenoxy) is 1. The van der Waals surface area contributed by atoms with Gasteiger partial charge in [-0.05, 0) is 53.6 Å². The number of rotatable bonds is 8. The van der Waals surface area contributed by atoms with Crippen LogP contribution in [0.5, 0.6) is 5.75 Å². The van der Waals surface area contributed by atoms with Gasteiger partial charge in [0.25, 0.3) is 0 Å². The van der Waals surface area contributed by atoms with Gasteiger partial charge in [0.15, 0.2) is 5.78 Å². The third-order valence-electron chi connectivity index (χ3n) is 3.85. The Kier molecular flexibility index (Phi) is 6.01. The fourth-order valence-corrected chi connectivity index (χ4v) is 3.21. The van der Waals surface area contributed by atoms with Crippen molar-refractivity contribution in [3.05, 3.63) is 59.7 Å². The van der Waals surface area contributed by atoms with E-state index in [1.165, 1.54) is 17.3 Å². The van der Waals surface area contributed by atoms with Crippen LogP contribution in [0, 0.1) is 0 Å². The van der Waals surface area contributed by atoms with Crippen molar-refractivity contribution in [2.75, 3.05) is 12.4 Å². The van der Waals surface area contributed by atoms with Crippen LogP contribution in [0.2, 0.25) is 0 Å². The second-order valence-electron chi connectivity index (χ2n) is 5.56. The smallest absolute Gasteiger partial charge is 0.214 e. The molecule has 0 amide bonds. The number of aryl methyl sites for hydroxylation is 1. The molecular formula is C19H20N4O2S. The fourth-order valence-electron chi connectivity index (χ4n) is 2.42. The molecule has 3 aromatic rings. The number of Topliss-reactive ketones (excluding diaryl/α,β-unsaturated/α-hetero) is 1. The third kappa shape index (κ3) is 4.29. The minimum Gasteiger partial charge on any atom is -0.494 e. The molecule has 134 valence electrons. The maximum Gasteiger partial charge on any atom is 0.214 e. The van der Waals surface area contributed by atoms with Crippen LogP contribution >= 0.6 is 11.8 Å². The molecule has 0 N–H and O–H groups in total. The number of carbonyl (C=O) groups excluding carboxylic acids is 1. The third-order valence-corrected chi connectivity index (χ3v) is 4.77. The quantitative estimate of drug-likeness (QED) is 0.447. The van der Waals surface area contributed by atoms with E-state index in [-0.39, 0.29) is 11.5 Å². The lowest BCUT2D eigenvalue weighted by atomic mass is 10.1. The highest BCUT2D eigenvalue weighted by Gasteiger charge is 2.13. The van der Waals surface area contributed by atoms with Crippen LogP contribution < -0.4 is 4.74 Å². The maximum atomic E-state index is 12.4. The van der Waals surface area contributed by atoms with Gasteiger partial charge in [-0.15, -0.1) is 5.10 Å². The van der Waals surface area contributed by atoms with Crippen LogP contribution in [0.25, 0.3) is 5.69 Å². The highest BCUT2D eigenvalue weighted by molar-refractivity contribution is 7.99. The van der Waals surface area contributed by atoms with Gasteiger partial charge in [-0.2, -0.15) is 4.68 Å². The predicted molar refractivity (Wildman–Crippen MR) is 101 cm³/mol. The molecule has 6 nitrogen and oxygen atoms in total. The Bertz CT molecular complexity index is 860. The lowest BCUT2D eigenvalue weighted by molar-refractivity contribution is 0.102. The fraction of sp³-hybridized carbons (Fsp3) is 0.263. The van der Waals surface area contributed by atoms with Gasteiger partial charge in [-0.25, -0.2) is 0 Å². The number of aromatic nitrogens is 4. The highest BCUT2D eigenvalue weighted by atomic mass is 32.2. The summed E-state index contributed by atoms with van der Waals surface area (Å²) < 4.78 is 7.06. The molecular weight excluding hydrogens is 348 g/mol. The number of benzene rings is 2. The van der Waals surface area contributed by atoms with E-state index in [9.17, 15) is 4.79 Å².